The number of nitrogens with zero attached hydrogens (tertiary/aromatic N) is 3. The lowest BCUT2D eigenvalue weighted by Crippen LogP contribution is -2.43. The van der Waals surface area contributed by atoms with Gasteiger partial charge in [-0.05, 0) is 70.4 Å². The van der Waals surface area contributed by atoms with Crippen LogP contribution in [-0.4, -0.2) is 52.7 Å². The Morgan fingerprint density at radius 1 is 1.03 bits per heavy atom. The van der Waals surface area contributed by atoms with Gasteiger partial charge in [-0.15, -0.1) is 11.8 Å². The number of ether oxygens (including phenoxy) is 1. The topological polar surface area (TPSA) is 62.7 Å². The standard InChI is InChI=1S/C30H35N3O3S/c1-20-9-10-25-23(17-20)24(28(34)21-11-13-32(14-12-21)29(35)36-30(2,3)4)18-27(31-25)33-15-16-37-26-8-6-5-7-22(26)19-33/h5-10,17-18,21H,11-16,19H2,1-4H3. The van der Waals surface area contributed by atoms with Gasteiger partial charge in [0.25, 0.3) is 0 Å². The summed E-state index contributed by atoms with van der Waals surface area (Å²) in [6, 6.07) is 16.7. The van der Waals surface area contributed by atoms with E-state index in [1.165, 1.54) is 10.5 Å². The predicted molar refractivity (Wildman–Crippen MR) is 150 cm³/mol. The van der Waals surface area contributed by atoms with Crippen LogP contribution in [0, 0.1) is 12.8 Å². The summed E-state index contributed by atoms with van der Waals surface area (Å²) in [5, 5.41) is 0.910. The molecule has 1 saturated heterocycles. The van der Waals surface area contributed by atoms with Gasteiger partial charge in [0.1, 0.15) is 11.4 Å². The molecule has 6 nitrogen and oxygen atoms in total. The Kier molecular flexibility index (Phi) is 7.17. The zero-order chi connectivity index (χ0) is 26.2. The summed E-state index contributed by atoms with van der Waals surface area (Å²) in [4.78, 5) is 36.8. The van der Waals surface area contributed by atoms with Gasteiger partial charge in [0.2, 0.25) is 0 Å². The molecule has 0 unspecified atom stereocenters. The van der Waals surface area contributed by atoms with Crippen LogP contribution in [0.1, 0.15) is 55.1 Å². The van der Waals surface area contributed by atoms with Crippen LogP contribution in [0.15, 0.2) is 53.4 Å². The van der Waals surface area contributed by atoms with Crippen LogP contribution < -0.4 is 4.90 Å². The van der Waals surface area contributed by atoms with Crippen LogP contribution in [0.2, 0.25) is 0 Å². The van der Waals surface area contributed by atoms with E-state index in [0.717, 1.165) is 46.7 Å². The molecule has 1 amide bonds. The fraction of sp³-hybridized carbons (Fsp3) is 0.433. The first-order valence-electron chi connectivity index (χ1n) is 13.1. The van der Waals surface area contributed by atoms with E-state index >= 15 is 0 Å². The molecular weight excluding hydrogens is 482 g/mol. The minimum atomic E-state index is -0.527. The summed E-state index contributed by atoms with van der Waals surface area (Å²) in [5.41, 5.74) is 3.46. The largest absolute Gasteiger partial charge is 0.444 e. The van der Waals surface area contributed by atoms with Gasteiger partial charge < -0.3 is 14.5 Å². The molecule has 0 aliphatic carbocycles. The summed E-state index contributed by atoms with van der Waals surface area (Å²) < 4.78 is 5.53. The maximum atomic E-state index is 13.9. The first-order valence-corrected chi connectivity index (χ1v) is 14.1. The average Bonchev–Trinajstić information content (AvgIpc) is 3.09. The molecule has 0 bridgehead atoms. The minimum Gasteiger partial charge on any atom is -0.444 e. The number of Topliss-reactive ketones (excluding diaryl/α,β-unsaturated/α-hetero) is 1. The Bertz CT molecular complexity index is 1330. The molecule has 0 radical (unpaired) electrons. The van der Waals surface area contributed by atoms with Crippen LogP contribution in [0.3, 0.4) is 0 Å². The summed E-state index contributed by atoms with van der Waals surface area (Å²) in [6.07, 6.45) is 0.970. The van der Waals surface area contributed by atoms with Crippen molar-refractivity contribution in [1.29, 1.82) is 0 Å². The number of ketones is 1. The molecule has 7 heteroatoms. The quantitative estimate of drug-likeness (QED) is 0.370. The molecule has 2 aliphatic rings. The minimum absolute atomic E-state index is 0.127. The van der Waals surface area contributed by atoms with Gasteiger partial charge in [-0.2, -0.15) is 0 Å². The lowest BCUT2D eigenvalue weighted by Gasteiger charge is -2.33. The first-order chi connectivity index (χ1) is 17.7. The van der Waals surface area contributed by atoms with Gasteiger partial charge in [0.05, 0.1) is 5.52 Å². The highest BCUT2D eigenvalue weighted by Crippen LogP contribution is 2.33. The number of benzene rings is 2. The highest BCUT2D eigenvalue weighted by atomic mass is 32.2. The predicted octanol–water partition coefficient (Wildman–Crippen LogP) is 6.49. The SMILES string of the molecule is Cc1ccc2nc(N3CCSc4ccccc4C3)cc(C(=O)C3CCN(C(=O)OC(C)(C)C)CC3)c2c1. The highest BCUT2D eigenvalue weighted by molar-refractivity contribution is 7.99. The lowest BCUT2D eigenvalue weighted by molar-refractivity contribution is 0.0182. The second-order valence-corrected chi connectivity index (χ2v) is 12.2. The fourth-order valence-corrected chi connectivity index (χ4v) is 6.11. The number of anilines is 1. The number of amides is 1. The van der Waals surface area contributed by atoms with Gasteiger partial charge in [-0.25, -0.2) is 9.78 Å². The number of rotatable bonds is 3. The van der Waals surface area contributed by atoms with E-state index in [0.29, 0.717) is 25.9 Å². The Morgan fingerprint density at radius 3 is 2.54 bits per heavy atom. The van der Waals surface area contributed by atoms with Gasteiger partial charge in [-0.3, -0.25) is 4.79 Å². The maximum Gasteiger partial charge on any atom is 0.410 e. The van der Waals surface area contributed by atoms with Crippen molar-refractivity contribution in [3.05, 3.63) is 65.2 Å². The molecule has 3 aromatic rings. The maximum absolute atomic E-state index is 13.9. The third-order valence-corrected chi connectivity index (χ3v) is 8.11. The van der Waals surface area contributed by atoms with Crippen LogP contribution in [0.5, 0.6) is 0 Å². The number of fused-ring (bicyclic) bond motifs is 2. The Hall–Kier alpha value is -3.06. The van der Waals surface area contributed by atoms with Crippen LogP contribution in [0.4, 0.5) is 10.6 Å². The zero-order valence-corrected chi connectivity index (χ0v) is 22.9. The van der Waals surface area contributed by atoms with E-state index in [1.54, 1.807) is 4.90 Å². The second-order valence-electron chi connectivity index (χ2n) is 11.0. The molecule has 0 spiro atoms. The number of carbonyl (C=O) groups excluding carboxylic acids is 2. The average molecular weight is 518 g/mol. The van der Waals surface area contributed by atoms with E-state index in [4.69, 9.17) is 9.72 Å². The van der Waals surface area contributed by atoms with E-state index < -0.39 is 5.60 Å². The monoisotopic (exact) mass is 517 g/mol. The van der Waals surface area contributed by atoms with Crippen molar-refractivity contribution in [2.45, 2.75) is 57.6 Å². The number of aromatic nitrogens is 1. The number of hydrogen-bond acceptors (Lipinski definition) is 6. The number of thioether (sulfide) groups is 1. The molecule has 194 valence electrons. The zero-order valence-electron chi connectivity index (χ0n) is 22.1. The van der Waals surface area contributed by atoms with Gasteiger partial charge >= 0.3 is 6.09 Å². The van der Waals surface area contributed by atoms with Crippen molar-refractivity contribution in [2.24, 2.45) is 5.92 Å². The Labute approximate surface area is 223 Å². The van der Waals surface area contributed by atoms with E-state index in [1.807, 2.05) is 51.6 Å². The van der Waals surface area contributed by atoms with E-state index in [9.17, 15) is 9.59 Å². The molecule has 1 aromatic heterocycles. The Balaban J connectivity index is 1.42. The van der Waals surface area contributed by atoms with Crippen LogP contribution >= 0.6 is 11.8 Å². The molecule has 0 atom stereocenters. The normalized spacial score (nSPS) is 16.9. The third kappa shape index (κ3) is 5.77. The summed E-state index contributed by atoms with van der Waals surface area (Å²) in [6.45, 7) is 10.4. The molecule has 0 saturated carbocycles. The van der Waals surface area contributed by atoms with Crippen molar-refractivity contribution in [1.82, 2.24) is 9.88 Å². The molecular formula is C30H35N3O3S. The molecule has 2 aromatic carbocycles. The highest BCUT2D eigenvalue weighted by Gasteiger charge is 2.31. The molecule has 2 aliphatic heterocycles. The molecule has 3 heterocycles. The number of pyridine rings is 1. The number of carbonyl (C=O) groups is 2. The van der Waals surface area contributed by atoms with E-state index in [2.05, 4.69) is 41.3 Å². The number of hydrogen-bond donors (Lipinski definition) is 0. The first kappa shape index (κ1) is 25.6. The summed E-state index contributed by atoms with van der Waals surface area (Å²) in [5.74, 6) is 1.84. The molecule has 1 fully saturated rings. The molecule has 5 rings (SSSR count). The van der Waals surface area contributed by atoms with Crippen molar-refractivity contribution >= 4 is 40.4 Å². The fourth-order valence-electron chi connectivity index (χ4n) is 5.08. The lowest BCUT2D eigenvalue weighted by atomic mass is 9.87. The smallest absolute Gasteiger partial charge is 0.410 e. The molecule has 37 heavy (non-hydrogen) atoms. The van der Waals surface area contributed by atoms with Crippen molar-refractivity contribution in [3.8, 4) is 0 Å². The number of likely N-dealkylation sites (tertiary alicyclic amines) is 1. The summed E-state index contributed by atoms with van der Waals surface area (Å²) >= 11 is 1.87. The van der Waals surface area contributed by atoms with Crippen molar-refractivity contribution in [3.63, 3.8) is 0 Å². The van der Waals surface area contributed by atoms with Gasteiger partial charge in [-0.1, -0.05) is 29.8 Å². The molecule has 0 N–H and O–H groups in total. The second kappa shape index (κ2) is 10.4. The van der Waals surface area contributed by atoms with Crippen molar-refractivity contribution < 1.29 is 14.3 Å². The van der Waals surface area contributed by atoms with E-state index in [-0.39, 0.29) is 17.8 Å². The van der Waals surface area contributed by atoms with Gasteiger partial charge in [0.15, 0.2) is 5.78 Å². The summed E-state index contributed by atoms with van der Waals surface area (Å²) in [7, 11) is 0. The van der Waals surface area contributed by atoms with Crippen LogP contribution in [0.25, 0.3) is 10.9 Å². The Morgan fingerprint density at radius 2 is 1.78 bits per heavy atom. The van der Waals surface area contributed by atoms with Gasteiger partial charge in [0, 0.05) is 53.7 Å². The number of aryl methyl sites for hydroxylation is 1. The van der Waals surface area contributed by atoms with Crippen LogP contribution in [-0.2, 0) is 11.3 Å². The van der Waals surface area contributed by atoms with Crippen molar-refractivity contribution in [2.75, 3.05) is 30.3 Å². The number of piperidine rings is 1. The third-order valence-electron chi connectivity index (χ3n) is 7.01.